The Balaban J connectivity index is -0.000000125. The summed E-state index contributed by atoms with van der Waals surface area (Å²) in [6, 6.07) is 0. The van der Waals surface area contributed by atoms with Gasteiger partial charge in [0.05, 0.1) is 0 Å². The van der Waals surface area contributed by atoms with E-state index in [2.05, 4.69) is 25.5 Å². The van der Waals surface area contributed by atoms with Gasteiger partial charge in [0.2, 0.25) is 0 Å². The second kappa shape index (κ2) is 22.5. The summed E-state index contributed by atoms with van der Waals surface area (Å²) in [4.78, 5) is 9.42. The Morgan fingerprint density at radius 1 is 1.31 bits per heavy atom. The molecule has 0 aromatic carbocycles. The number of rotatable bonds is 2. The van der Waals surface area contributed by atoms with Crippen LogP contribution in [0, 0.1) is 5.92 Å². The zero-order chi connectivity index (χ0) is 11.1. The largest absolute Gasteiger partial charge is 0.388 e. The first-order chi connectivity index (χ1) is 6.06. The number of aldehydes is 1. The normalized spacial score (nSPS) is 8.54. The van der Waals surface area contributed by atoms with Crippen molar-refractivity contribution >= 4 is 6.29 Å². The molecular formula is C10H23NO2. The second-order valence-electron chi connectivity index (χ2n) is 2.94. The summed E-state index contributed by atoms with van der Waals surface area (Å²) in [6.45, 7) is 6.94. The van der Waals surface area contributed by atoms with Crippen LogP contribution in [0.25, 0.3) is 0 Å². The summed E-state index contributed by atoms with van der Waals surface area (Å²) in [5.41, 5.74) is 4.97. The molecule has 0 aromatic rings. The van der Waals surface area contributed by atoms with Crippen molar-refractivity contribution in [3.05, 3.63) is 12.2 Å². The predicted octanol–water partition coefficient (Wildman–Crippen LogP) is 1.63. The second-order valence-corrected chi connectivity index (χ2v) is 2.94. The quantitative estimate of drug-likeness (QED) is 0.530. The average molecular weight is 189 g/mol. The molecule has 0 unspecified atom stereocenters. The van der Waals surface area contributed by atoms with Gasteiger partial charge in [0.25, 0.3) is 0 Å². The van der Waals surface area contributed by atoms with E-state index < -0.39 is 0 Å². The summed E-state index contributed by atoms with van der Waals surface area (Å²) in [7, 11) is 3.25. The maximum Gasteiger partial charge on any atom is 0.142 e. The van der Waals surface area contributed by atoms with Gasteiger partial charge >= 0.3 is 0 Å². The number of carbonyl (C=O) groups excluding carboxylic acids is 1. The molecule has 3 nitrogen and oxygen atoms in total. The van der Waals surface area contributed by atoms with E-state index in [1.54, 1.807) is 20.3 Å². The lowest BCUT2D eigenvalue weighted by Gasteiger charge is -1.79. The van der Waals surface area contributed by atoms with Gasteiger partial charge in [0.15, 0.2) is 0 Å². The molecule has 0 aliphatic heterocycles. The van der Waals surface area contributed by atoms with Gasteiger partial charge in [-0.2, -0.15) is 0 Å². The van der Waals surface area contributed by atoms with Gasteiger partial charge in [0, 0.05) is 20.8 Å². The molecule has 0 rings (SSSR count). The van der Waals surface area contributed by atoms with Gasteiger partial charge in [-0.15, -0.1) is 0 Å². The third kappa shape index (κ3) is 182. The van der Waals surface area contributed by atoms with Crippen LogP contribution in [0.2, 0.25) is 0 Å². The predicted molar refractivity (Wildman–Crippen MR) is 57.7 cm³/mol. The van der Waals surface area contributed by atoms with Gasteiger partial charge in [0.1, 0.15) is 6.29 Å². The van der Waals surface area contributed by atoms with Crippen molar-refractivity contribution in [1.82, 2.24) is 0 Å². The van der Waals surface area contributed by atoms with Crippen molar-refractivity contribution in [2.24, 2.45) is 11.7 Å². The summed E-state index contributed by atoms with van der Waals surface area (Å²) in [5.74, 6) is 0.833. The fraction of sp³-hybridized carbons (Fsp3) is 0.700. The van der Waals surface area contributed by atoms with Gasteiger partial charge in [-0.25, -0.2) is 0 Å². The first-order valence-electron chi connectivity index (χ1n) is 4.27. The number of hydrogen-bond acceptors (Lipinski definition) is 3. The van der Waals surface area contributed by atoms with E-state index in [1.807, 2.05) is 0 Å². The standard InChI is InChI=1S/C4H7NO.C4H10.C2H6O/c5-3-1-2-4-6;1-4(2)3;1-3-2/h1-2,4H,3,5H2;4H,1-3H3;1-2H3/b2-1+;;. The Hall–Kier alpha value is -0.670. The molecule has 0 heterocycles. The molecule has 0 bridgehead atoms. The van der Waals surface area contributed by atoms with E-state index >= 15 is 0 Å². The van der Waals surface area contributed by atoms with Crippen molar-refractivity contribution in [2.75, 3.05) is 20.8 Å². The first-order valence-corrected chi connectivity index (χ1v) is 4.27. The smallest absolute Gasteiger partial charge is 0.142 e. The third-order valence-corrected chi connectivity index (χ3v) is 0.351. The molecule has 80 valence electrons. The van der Waals surface area contributed by atoms with E-state index in [0.29, 0.717) is 12.8 Å². The highest BCUT2D eigenvalue weighted by Crippen LogP contribution is 1.81. The first kappa shape index (κ1) is 18.2. The van der Waals surface area contributed by atoms with Crippen LogP contribution in [0.3, 0.4) is 0 Å². The van der Waals surface area contributed by atoms with Crippen LogP contribution in [0.1, 0.15) is 20.8 Å². The highest BCUT2D eigenvalue weighted by molar-refractivity contribution is 5.64. The Morgan fingerprint density at radius 2 is 1.62 bits per heavy atom. The van der Waals surface area contributed by atoms with Gasteiger partial charge in [-0.1, -0.05) is 26.8 Å². The molecule has 0 aliphatic rings. The minimum Gasteiger partial charge on any atom is -0.388 e. The van der Waals surface area contributed by atoms with E-state index in [4.69, 9.17) is 5.73 Å². The van der Waals surface area contributed by atoms with Crippen molar-refractivity contribution < 1.29 is 9.53 Å². The zero-order valence-corrected chi connectivity index (χ0v) is 9.41. The number of hydrogen-bond donors (Lipinski definition) is 1. The van der Waals surface area contributed by atoms with Crippen LogP contribution in [0.4, 0.5) is 0 Å². The molecule has 0 saturated heterocycles. The topological polar surface area (TPSA) is 52.3 Å². The van der Waals surface area contributed by atoms with Crippen molar-refractivity contribution in [3.8, 4) is 0 Å². The number of nitrogens with two attached hydrogens (primary N) is 1. The summed E-state index contributed by atoms with van der Waals surface area (Å²) in [6.07, 6.45) is 3.67. The number of ether oxygens (including phenoxy) is 1. The molecule has 0 spiro atoms. The molecule has 0 fully saturated rings. The molecule has 13 heavy (non-hydrogen) atoms. The lowest BCUT2D eigenvalue weighted by Crippen LogP contribution is -1.91. The summed E-state index contributed by atoms with van der Waals surface area (Å²) >= 11 is 0. The van der Waals surface area contributed by atoms with E-state index in [1.165, 1.54) is 6.08 Å². The molecule has 0 aliphatic carbocycles. The minimum absolute atomic E-state index is 0.443. The third-order valence-electron chi connectivity index (χ3n) is 0.351. The lowest BCUT2D eigenvalue weighted by atomic mass is 10.3. The highest BCUT2D eigenvalue weighted by atomic mass is 16.4. The fourth-order valence-corrected chi connectivity index (χ4v) is 0.134. The Morgan fingerprint density at radius 3 is 1.69 bits per heavy atom. The molecule has 2 N–H and O–H groups in total. The molecule has 0 aromatic heterocycles. The molecule has 0 saturated carbocycles. The zero-order valence-electron chi connectivity index (χ0n) is 9.41. The lowest BCUT2D eigenvalue weighted by molar-refractivity contribution is -0.104. The van der Waals surface area contributed by atoms with Gasteiger partial charge < -0.3 is 10.5 Å². The minimum atomic E-state index is 0.443. The Bertz CT molecular complexity index is 98.3. The van der Waals surface area contributed by atoms with Crippen LogP contribution in [-0.4, -0.2) is 27.1 Å². The van der Waals surface area contributed by atoms with Crippen LogP contribution < -0.4 is 5.73 Å². The maximum atomic E-state index is 9.42. The summed E-state index contributed by atoms with van der Waals surface area (Å²) in [5, 5.41) is 0. The van der Waals surface area contributed by atoms with E-state index in [9.17, 15) is 4.79 Å². The molecule has 0 atom stereocenters. The van der Waals surface area contributed by atoms with Crippen molar-refractivity contribution in [2.45, 2.75) is 20.8 Å². The average Bonchev–Trinajstić information content (AvgIpc) is 2.01. The summed E-state index contributed by atoms with van der Waals surface area (Å²) < 4.78 is 4.25. The highest BCUT2D eigenvalue weighted by Gasteiger charge is 1.68. The fourth-order valence-electron chi connectivity index (χ4n) is 0.134. The van der Waals surface area contributed by atoms with Crippen LogP contribution in [-0.2, 0) is 9.53 Å². The SMILES string of the molecule is CC(C)C.COC.NC/C=C/C=O. The van der Waals surface area contributed by atoms with Gasteiger partial charge in [-0.3, -0.25) is 4.79 Å². The number of allylic oxidation sites excluding steroid dienone is 1. The maximum absolute atomic E-state index is 9.42. The van der Waals surface area contributed by atoms with E-state index in [0.717, 1.165) is 5.92 Å². The molecular weight excluding hydrogens is 166 g/mol. The van der Waals surface area contributed by atoms with Crippen molar-refractivity contribution in [1.29, 1.82) is 0 Å². The number of methoxy groups -OCH3 is 1. The monoisotopic (exact) mass is 189 g/mol. The Labute approximate surface area is 82.0 Å². The van der Waals surface area contributed by atoms with Crippen LogP contribution in [0.15, 0.2) is 12.2 Å². The molecule has 0 amide bonds. The van der Waals surface area contributed by atoms with Gasteiger partial charge in [-0.05, 0) is 12.0 Å². The van der Waals surface area contributed by atoms with Crippen LogP contribution in [0.5, 0.6) is 0 Å². The Kier molecular flexibility index (Phi) is 31.5. The molecule has 0 radical (unpaired) electrons. The number of carbonyl (C=O) groups is 1. The van der Waals surface area contributed by atoms with E-state index in [-0.39, 0.29) is 0 Å². The van der Waals surface area contributed by atoms with Crippen molar-refractivity contribution in [3.63, 3.8) is 0 Å². The molecule has 3 heteroatoms. The van der Waals surface area contributed by atoms with Crippen LogP contribution >= 0.6 is 0 Å².